The number of nitrogens with zero attached hydrogens (tertiary/aromatic N) is 2. The summed E-state index contributed by atoms with van der Waals surface area (Å²) in [5, 5.41) is 5.65. The van der Waals surface area contributed by atoms with E-state index in [0.29, 0.717) is 28.9 Å². The largest absolute Gasteiger partial charge is 0.420 e. The Labute approximate surface area is 207 Å². The third kappa shape index (κ3) is 5.31. The molecule has 1 aliphatic rings. The Kier molecular flexibility index (Phi) is 6.81. The van der Waals surface area contributed by atoms with Crippen molar-refractivity contribution in [2.24, 2.45) is 0 Å². The summed E-state index contributed by atoms with van der Waals surface area (Å²) in [6.07, 6.45) is 0. The smallest absolute Gasteiger partial charge is 0.408 e. The Morgan fingerprint density at radius 1 is 0.917 bits per heavy atom. The van der Waals surface area contributed by atoms with E-state index in [1.54, 1.807) is 30.3 Å². The lowest BCUT2D eigenvalue weighted by Crippen LogP contribution is -2.36. The zero-order chi connectivity index (χ0) is 24.9. The molecule has 0 aliphatic carbocycles. The highest BCUT2D eigenvalue weighted by Crippen LogP contribution is 2.18. The van der Waals surface area contributed by atoms with E-state index in [4.69, 9.17) is 9.15 Å². The normalized spacial score (nSPS) is 13.5. The molecule has 0 atom stereocenters. The number of benzene rings is 3. The number of anilines is 2. The Bertz CT molecular complexity index is 1420. The van der Waals surface area contributed by atoms with E-state index in [2.05, 4.69) is 15.5 Å². The van der Waals surface area contributed by atoms with Crippen LogP contribution in [0.15, 0.2) is 82.0 Å². The Morgan fingerprint density at radius 2 is 1.67 bits per heavy atom. The molecule has 1 aromatic heterocycles. The van der Waals surface area contributed by atoms with E-state index in [9.17, 15) is 14.4 Å². The molecule has 0 saturated carbocycles. The fraction of sp³-hybridized carbons (Fsp3) is 0.222. The third-order valence-electron chi connectivity index (χ3n) is 6.07. The van der Waals surface area contributed by atoms with Gasteiger partial charge in [-0.3, -0.25) is 14.2 Å². The van der Waals surface area contributed by atoms with Gasteiger partial charge in [0.2, 0.25) is 5.91 Å². The number of fused-ring (bicyclic) bond motifs is 1. The van der Waals surface area contributed by atoms with Gasteiger partial charge in [0.15, 0.2) is 5.58 Å². The molecule has 36 heavy (non-hydrogen) atoms. The zero-order valence-electron chi connectivity index (χ0n) is 19.6. The van der Waals surface area contributed by atoms with Crippen LogP contribution >= 0.6 is 0 Å². The molecule has 4 aromatic rings. The monoisotopic (exact) mass is 486 g/mol. The molecule has 3 aromatic carbocycles. The maximum Gasteiger partial charge on any atom is 0.420 e. The van der Waals surface area contributed by atoms with Crippen LogP contribution in [0.3, 0.4) is 0 Å². The van der Waals surface area contributed by atoms with Gasteiger partial charge in [0, 0.05) is 36.6 Å². The summed E-state index contributed by atoms with van der Waals surface area (Å²) < 4.78 is 11.9. The summed E-state index contributed by atoms with van der Waals surface area (Å²) in [6.45, 7) is 3.27. The van der Waals surface area contributed by atoms with E-state index < -0.39 is 5.76 Å². The van der Waals surface area contributed by atoms with Crippen molar-refractivity contribution in [2.45, 2.75) is 13.1 Å². The quantitative estimate of drug-likeness (QED) is 0.416. The molecule has 2 heterocycles. The number of hydrogen-bond donors (Lipinski definition) is 2. The molecule has 184 valence electrons. The number of morpholine rings is 1. The second kappa shape index (κ2) is 10.5. The number of para-hydroxylation sites is 1. The summed E-state index contributed by atoms with van der Waals surface area (Å²) in [6, 6.07) is 21.8. The number of nitrogens with one attached hydrogen (secondary N) is 2. The van der Waals surface area contributed by atoms with Crippen molar-refractivity contribution in [3.8, 4) is 0 Å². The van der Waals surface area contributed by atoms with E-state index in [1.165, 1.54) is 4.57 Å². The molecule has 0 bridgehead atoms. The van der Waals surface area contributed by atoms with Gasteiger partial charge >= 0.3 is 5.76 Å². The topological polar surface area (TPSA) is 106 Å². The molecule has 1 saturated heterocycles. The van der Waals surface area contributed by atoms with Crippen LogP contribution in [-0.2, 0) is 22.6 Å². The summed E-state index contributed by atoms with van der Waals surface area (Å²) in [5.41, 5.74) is 3.77. The van der Waals surface area contributed by atoms with Crippen molar-refractivity contribution >= 4 is 34.3 Å². The number of aromatic nitrogens is 1. The van der Waals surface area contributed by atoms with Gasteiger partial charge in [0.05, 0.1) is 18.7 Å². The van der Waals surface area contributed by atoms with Gasteiger partial charge in [-0.15, -0.1) is 0 Å². The van der Waals surface area contributed by atoms with Crippen molar-refractivity contribution in [2.75, 3.05) is 36.5 Å². The number of amides is 2. The number of carbonyl (C=O) groups excluding carboxylic acids is 2. The molecule has 9 heteroatoms. The number of oxazole rings is 1. The SMILES string of the molecule is O=C(Cn1c(=O)oc2ccc(C(=O)Nc3ccccc3)cc21)NCc1ccc(N2CCOCC2)cc1. The molecule has 0 radical (unpaired) electrons. The summed E-state index contributed by atoms with van der Waals surface area (Å²) in [7, 11) is 0. The minimum Gasteiger partial charge on any atom is -0.408 e. The average Bonchev–Trinajstić information content (AvgIpc) is 3.22. The number of hydrogen-bond acceptors (Lipinski definition) is 6. The lowest BCUT2D eigenvalue weighted by molar-refractivity contribution is -0.121. The lowest BCUT2D eigenvalue weighted by atomic mass is 10.2. The van der Waals surface area contributed by atoms with E-state index in [-0.39, 0.29) is 18.4 Å². The van der Waals surface area contributed by atoms with E-state index >= 15 is 0 Å². The molecule has 2 N–H and O–H groups in total. The third-order valence-corrected chi connectivity index (χ3v) is 6.07. The molecule has 0 unspecified atom stereocenters. The van der Waals surface area contributed by atoms with Crippen molar-refractivity contribution < 1.29 is 18.7 Å². The Morgan fingerprint density at radius 3 is 2.42 bits per heavy atom. The summed E-state index contributed by atoms with van der Waals surface area (Å²) in [4.78, 5) is 40.0. The van der Waals surface area contributed by atoms with Gasteiger partial charge in [-0.2, -0.15) is 0 Å². The van der Waals surface area contributed by atoms with Crippen molar-refractivity contribution in [1.29, 1.82) is 0 Å². The van der Waals surface area contributed by atoms with Crippen LogP contribution in [0.2, 0.25) is 0 Å². The highest BCUT2D eigenvalue weighted by molar-refractivity contribution is 6.05. The Hall–Kier alpha value is -4.37. The first kappa shape index (κ1) is 23.4. The van der Waals surface area contributed by atoms with Gasteiger partial charge in [0.25, 0.3) is 5.91 Å². The van der Waals surface area contributed by atoms with Gasteiger partial charge < -0.3 is 24.7 Å². The van der Waals surface area contributed by atoms with Crippen LogP contribution < -0.4 is 21.3 Å². The fourth-order valence-corrected chi connectivity index (χ4v) is 4.12. The number of carbonyl (C=O) groups is 2. The second-order valence-corrected chi connectivity index (χ2v) is 8.50. The fourth-order valence-electron chi connectivity index (χ4n) is 4.12. The number of ether oxygens (including phenoxy) is 1. The molecule has 2 amide bonds. The van der Waals surface area contributed by atoms with Crippen molar-refractivity contribution in [1.82, 2.24) is 9.88 Å². The van der Waals surface area contributed by atoms with E-state index in [0.717, 1.165) is 37.6 Å². The lowest BCUT2D eigenvalue weighted by Gasteiger charge is -2.28. The molecular formula is C27H26N4O5. The minimum atomic E-state index is -0.657. The number of rotatable bonds is 7. The van der Waals surface area contributed by atoms with Crippen LogP contribution in [0.4, 0.5) is 11.4 Å². The van der Waals surface area contributed by atoms with Gasteiger partial charge in [-0.1, -0.05) is 30.3 Å². The first-order chi connectivity index (χ1) is 17.6. The Balaban J connectivity index is 1.24. The van der Waals surface area contributed by atoms with Gasteiger partial charge in [-0.05, 0) is 48.0 Å². The van der Waals surface area contributed by atoms with Gasteiger partial charge in [-0.25, -0.2) is 4.79 Å². The van der Waals surface area contributed by atoms with Gasteiger partial charge in [0.1, 0.15) is 6.54 Å². The average molecular weight is 487 g/mol. The van der Waals surface area contributed by atoms with Crippen LogP contribution in [0.5, 0.6) is 0 Å². The maximum absolute atomic E-state index is 12.7. The molecule has 1 fully saturated rings. The highest BCUT2D eigenvalue weighted by Gasteiger charge is 2.16. The first-order valence-corrected chi connectivity index (χ1v) is 11.7. The van der Waals surface area contributed by atoms with Crippen LogP contribution in [0, 0.1) is 0 Å². The predicted octanol–water partition coefficient (Wildman–Crippen LogP) is 3.00. The highest BCUT2D eigenvalue weighted by atomic mass is 16.5. The zero-order valence-corrected chi connectivity index (χ0v) is 19.6. The molecule has 0 spiro atoms. The van der Waals surface area contributed by atoms with Crippen molar-refractivity contribution in [3.05, 3.63) is 94.5 Å². The molecule has 1 aliphatic heterocycles. The standard InChI is InChI=1S/C27H26N4O5/c32-25(28-17-19-6-9-22(10-7-19)30-12-14-35-15-13-30)18-31-23-16-20(8-11-24(23)36-27(31)34)26(33)29-21-4-2-1-3-5-21/h1-11,16H,12-15,17-18H2,(H,28,32)(H,29,33). The van der Waals surface area contributed by atoms with Crippen LogP contribution in [0.1, 0.15) is 15.9 Å². The predicted molar refractivity (Wildman–Crippen MR) is 136 cm³/mol. The van der Waals surface area contributed by atoms with E-state index in [1.807, 2.05) is 42.5 Å². The van der Waals surface area contributed by atoms with Crippen LogP contribution in [0.25, 0.3) is 11.1 Å². The maximum atomic E-state index is 12.7. The molecular weight excluding hydrogens is 460 g/mol. The summed E-state index contributed by atoms with van der Waals surface area (Å²) in [5.74, 6) is -1.32. The van der Waals surface area contributed by atoms with Crippen LogP contribution in [-0.4, -0.2) is 42.7 Å². The van der Waals surface area contributed by atoms with Crippen molar-refractivity contribution in [3.63, 3.8) is 0 Å². The molecule has 5 rings (SSSR count). The first-order valence-electron chi connectivity index (χ1n) is 11.7. The minimum absolute atomic E-state index is 0.221. The summed E-state index contributed by atoms with van der Waals surface area (Å²) >= 11 is 0. The molecule has 9 nitrogen and oxygen atoms in total. The second-order valence-electron chi connectivity index (χ2n) is 8.50.